The molecule has 2 N–H and O–H groups in total. The lowest BCUT2D eigenvalue weighted by atomic mass is 10.1. The second-order valence-corrected chi connectivity index (χ2v) is 5.58. The Morgan fingerprint density at radius 2 is 2.05 bits per heavy atom. The Morgan fingerprint density at radius 3 is 2.80 bits per heavy atom. The topological polar surface area (TPSA) is 83.5 Å². The SMILES string of the molecule is O=C(O)C(=O)Nc1csc2ccc3c(c2c1=O)CCC3. The van der Waals surface area contributed by atoms with Gasteiger partial charge < -0.3 is 10.4 Å². The fourth-order valence-corrected chi connectivity index (χ4v) is 3.46. The smallest absolute Gasteiger partial charge is 0.394 e. The second kappa shape index (κ2) is 4.72. The maximum absolute atomic E-state index is 12.4. The van der Waals surface area contributed by atoms with Crippen molar-refractivity contribution in [2.45, 2.75) is 19.3 Å². The zero-order valence-electron chi connectivity index (χ0n) is 10.4. The van der Waals surface area contributed by atoms with Gasteiger partial charge in [0.25, 0.3) is 0 Å². The molecule has 1 aromatic carbocycles. The number of fused-ring (bicyclic) bond motifs is 3. The Labute approximate surface area is 117 Å². The Kier molecular flexibility index (Phi) is 3.02. The van der Waals surface area contributed by atoms with Crippen LogP contribution in [0.3, 0.4) is 0 Å². The number of carboxylic acid groups (broad SMARTS) is 1. The number of rotatable bonds is 1. The summed E-state index contributed by atoms with van der Waals surface area (Å²) in [4.78, 5) is 34.2. The van der Waals surface area contributed by atoms with Crippen molar-refractivity contribution in [2.75, 3.05) is 5.32 Å². The number of benzene rings is 1. The Hall–Kier alpha value is -2.21. The third kappa shape index (κ3) is 1.98. The molecule has 1 aromatic heterocycles. The molecule has 1 amide bonds. The molecule has 102 valence electrons. The molecule has 0 spiro atoms. The molecule has 6 heteroatoms. The highest BCUT2D eigenvalue weighted by atomic mass is 32.1. The van der Waals surface area contributed by atoms with Gasteiger partial charge in [-0.3, -0.25) is 9.59 Å². The van der Waals surface area contributed by atoms with E-state index in [9.17, 15) is 14.4 Å². The molecule has 0 fully saturated rings. The van der Waals surface area contributed by atoms with Gasteiger partial charge in [0.2, 0.25) is 5.43 Å². The summed E-state index contributed by atoms with van der Waals surface area (Å²) >= 11 is 1.33. The zero-order chi connectivity index (χ0) is 14.3. The number of amides is 1. The number of carbonyl (C=O) groups excluding carboxylic acids is 1. The lowest BCUT2D eigenvalue weighted by molar-refractivity contribution is -0.147. The van der Waals surface area contributed by atoms with Gasteiger partial charge in [0.05, 0.1) is 5.69 Å². The summed E-state index contributed by atoms with van der Waals surface area (Å²) in [6.45, 7) is 0. The van der Waals surface area contributed by atoms with E-state index in [0.717, 1.165) is 29.5 Å². The minimum Gasteiger partial charge on any atom is -0.474 e. The maximum Gasteiger partial charge on any atom is 0.394 e. The molecule has 0 saturated carbocycles. The Balaban J connectivity index is 2.18. The molecule has 0 saturated heterocycles. The van der Waals surface area contributed by atoms with Crippen LogP contribution < -0.4 is 10.7 Å². The van der Waals surface area contributed by atoms with Crippen LogP contribution in [-0.2, 0) is 22.4 Å². The molecule has 1 heterocycles. The van der Waals surface area contributed by atoms with E-state index in [2.05, 4.69) is 5.32 Å². The summed E-state index contributed by atoms with van der Waals surface area (Å²) in [7, 11) is 0. The van der Waals surface area contributed by atoms with Crippen LogP contribution in [0.1, 0.15) is 17.5 Å². The third-order valence-electron chi connectivity index (χ3n) is 3.46. The Morgan fingerprint density at radius 1 is 1.25 bits per heavy atom. The maximum atomic E-state index is 12.4. The second-order valence-electron chi connectivity index (χ2n) is 4.67. The third-order valence-corrected chi connectivity index (χ3v) is 4.41. The van der Waals surface area contributed by atoms with E-state index < -0.39 is 11.9 Å². The van der Waals surface area contributed by atoms with Crippen molar-refractivity contribution in [1.29, 1.82) is 0 Å². The number of aliphatic carboxylic acids is 1. The van der Waals surface area contributed by atoms with Gasteiger partial charge in [-0.1, -0.05) is 6.07 Å². The predicted molar refractivity (Wildman–Crippen MR) is 76.4 cm³/mol. The van der Waals surface area contributed by atoms with Crippen LogP contribution in [-0.4, -0.2) is 17.0 Å². The number of aryl methyl sites for hydroxylation is 2. The number of hydrogen-bond acceptors (Lipinski definition) is 4. The van der Waals surface area contributed by atoms with Crippen molar-refractivity contribution < 1.29 is 14.7 Å². The lowest BCUT2D eigenvalue weighted by Gasteiger charge is -2.06. The summed E-state index contributed by atoms with van der Waals surface area (Å²) in [5.74, 6) is -2.80. The molecule has 1 aliphatic rings. The molecule has 0 atom stereocenters. The molecular weight excluding hydrogens is 278 g/mol. The zero-order valence-corrected chi connectivity index (χ0v) is 11.3. The summed E-state index contributed by atoms with van der Waals surface area (Å²) in [5, 5.41) is 12.9. The molecular formula is C14H11NO4S. The lowest BCUT2D eigenvalue weighted by Crippen LogP contribution is -2.25. The van der Waals surface area contributed by atoms with E-state index >= 15 is 0 Å². The first-order valence-electron chi connectivity index (χ1n) is 6.18. The van der Waals surface area contributed by atoms with Crippen LogP contribution in [0.15, 0.2) is 22.3 Å². The molecule has 20 heavy (non-hydrogen) atoms. The van der Waals surface area contributed by atoms with E-state index in [-0.39, 0.29) is 11.1 Å². The monoisotopic (exact) mass is 289 g/mol. The van der Waals surface area contributed by atoms with Crippen molar-refractivity contribution in [2.24, 2.45) is 0 Å². The average Bonchev–Trinajstić information content (AvgIpc) is 2.89. The largest absolute Gasteiger partial charge is 0.474 e. The predicted octanol–water partition coefficient (Wildman–Crippen LogP) is 1.77. The van der Waals surface area contributed by atoms with Crippen molar-refractivity contribution in [1.82, 2.24) is 0 Å². The van der Waals surface area contributed by atoms with Crippen LogP contribution >= 0.6 is 11.3 Å². The molecule has 5 nitrogen and oxygen atoms in total. The van der Waals surface area contributed by atoms with E-state index in [1.165, 1.54) is 22.3 Å². The highest BCUT2D eigenvalue weighted by Gasteiger charge is 2.19. The molecule has 0 aliphatic heterocycles. The number of hydrogen-bond donors (Lipinski definition) is 2. The Bertz CT molecular complexity index is 794. The van der Waals surface area contributed by atoms with E-state index in [1.54, 1.807) is 0 Å². The number of nitrogens with one attached hydrogen (secondary N) is 1. The highest BCUT2D eigenvalue weighted by molar-refractivity contribution is 7.17. The van der Waals surface area contributed by atoms with Crippen molar-refractivity contribution in [3.63, 3.8) is 0 Å². The number of carboxylic acids is 1. The van der Waals surface area contributed by atoms with Crippen LogP contribution in [0.25, 0.3) is 10.1 Å². The molecule has 2 aromatic rings. The first-order valence-corrected chi connectivity index (χ1v) is 7.06. The van der Waals surface area contributed by atoms with Gasteiger partial charge in [0.15, 0.2) is 0 Å². The van der Waals surface area contributed by atoms with Crippen LogP contribution in [0.4, 0.5) is 5.69 Å². The quantitative estimate of drug-likeness (QED) is 0.784. The minimum absolute atomic E-state index is 0.0372. The fourth-order valence-electron chi connectivity index (χ4n) is 2.56. The summed E-state index contributed by atoms with van der Waals surface area (Å²) < 4.78 is 0.865. The summed E-state index contributed by atoms with van der Waals surface area (Å²) in [6, 6.07) is 3.95. The molecule has 1 aliphatic carbocycles. The molecule has 0 radical (unpaired) electrons. The standard InChI is InChI=1S/C14H11NO4S/c16-12-9(15-13(17)14(18)19)6-20-10-5-4-7-2-1-3-8(7)11(10)12/h4-6H,1-3H2,(H,15,17)(H,18,19). The van der Waals surface area contributed by atoms with Crippen molar-refractivity contribution in [3.05, 3.63) is 38.9 Å². The number of anilines is 1. The van der Waals surface area contributed by atoms with E-state index in [0.29, 0.717) is 5.39 Å². The number of carbonyl (C=O) groups is 2. The van der Waals surface area contributed by atoms with E-state index in [4.69, 9.17) is 5.11 Å². The van der Waals surface area contributed by atoms with Gasteiger partial charge in [-0.15, -0.1) is 11.3 Å². The average molecular weight is 289 g/mol. The molecule has 0 bridgehead atoms. The van der Waals surface area contributed by atoms with Gasteiger partial charge >= 0.3 is 11.9 Å². The van der Waals surface area contributed by atoms with E-state index in [1.807, 2.05) is 12.1 Å². The van der Waals surface area contributed by atoms with Crippen LogP contribution in [0, 0.1) is 0 Å². The molecule has 0 unspecified atom stereocenters. The summed E-state index contributed by atoms with van der Waals surface area (Å²) in [5.41, 5.74) is 1.95. The van der Waals surface area contributed by atoms with Gasteiger partial charge in [0.1, 0.15) is 0 Å². The minimum atomic E-state index is -1.60. The first kappa shape index (κ1) is 12.8. The van der Waals surface area contributed by atoms with Crippen LogP contribution in [0.5, 0.6) is 0 Å². The van der Waals surface area contributed by atoms with Gasteiger partial charge in [-0.2, -0.15) is 0 Å². The van der Waals surface area contributed by atoms with Crippen LogP contribution in [0.2, 0.25) is 0 Å². The van der Waals surface area contributed by atoms with Crippen molar-refractivity contribution >= 4 is 39.0 Å². The molecule has 3 rings (SSSR count). The highest BCUT2D eigenvalue weighted by Crippen LogP contribution is 2.30. The van der Waals surface area contributed by atoms with Gasteiger partial charge in [-0.05, 0) is 36.5 Å². The first-order chi connectivity index (χ1) is 9.58. The van der Waals surface area contributed by atoms with Gasteiger partial charge in [-0.25, -0.2) is 4.79 Å². The van der Waals surface area contributed by atoms with Crippen molar-refractivity contribution in [3.8, 4) is 0 Å². The fraction of sp³-hybridized carbons (Fsp3) is 0.214. The normalized spacial score (nSPS) is 13.2. The van der Waals surface area contributed by atoms with Gasteiger partial charge in [0, 0.05) is 15.5 Å². The summed E-state index contributed by atoms with van der Waals surface area (Å²) in [6.07, 6.45) is 2.83.